The minimum absolute atomic E-state index is 0. The van der Waals surface area contributed by atoms with Gasteiger partial charge in [-0.25, -0.2) is 0 Å². The molecule has 0 N–H and O–H groups in total. The zero-order valence-corrected chi connectivity index (χ0v) is 12.7. The smallest absolute Gasteiger partial charge is 0.867 e. The molecule has 4 aliphatic rings. The third-order valence-electron chi connectivity index (χ3n) is 4.47. The second-order valence-corrected chi connectivity index (χ2v) is 5.86. The van der Waals surface area contributed by atoms with E-state index in [0.29, 0.717) is 0 Å². The van der Waals surface area contributed by atoms with E-state index in [1.807, 2.05) is 0 Å². The summed E-state index contributed by atoms with van der Waals surface area (Å²) in [6.45, 7) is 0. The van der Waals surface area contributed by atoms with E-state index < -0.39 is 0 Å². The first-order chi connectivity index (χ1) is 6.18. The van der Waals surface area contributed by atoms with E-state index in [-0.39, 0.29) is 61.9 Å². The monoisotopic (exact) mass is 234 g/mol. The Bertz CT molecular complexity index is 229. The minimum Gasteiger partial charge on any atom is -0.867 e. The van der Waals surface area contributed by atoms with Gasteiger partial charge in [0.1, 0.15) is 0 Å². The van der Waals surface area contributed by atoms with Crippen LogP contribution in [-0.2, 0) is 0 Å². The van der Waals surface area contributed by atoms with Gasteiger partial charge in [0.15, 0.2) is 0 Å². The first kappa shape index (κ1) is 12.0. The topological polar surface area (TPSA) is 23.1 Å². The Hall–Kier alpha value is 1.53. The molecule has 0 aromatic rings. The van der Waals surface area contributed by atoms with Crippen molar-refractivity contribution in [1.29, 1.82) is 0 Å². The summed E-state index contributed by atoms with van der Waals surface area (Å²) in [7, 11) is 0. The van der Waals surface area contributed by atoms with Crippen molar-refractivity contribution in [3.05, 3.63) is 0 Å². The molecule has 3 heteroatoms. The van der Waals surface area contributed by atoms with Gasteiger partial charge in [0.2, 0.25) is 0 Å². The van der Waals surface area contributed by atoms with Crippen LogP contribution in [0.4, 0.5) is 0 Å². The Kier molecular flexibility index (Phi) is 3.49. The average molecular weight is 234 g/mol. The standard InChI is InChI=1S/C11H16OS.K/c12-10(13)11-4-7-1-8(5-11)3-9(2-7)6-11;/h7-9H,1-6H2,(H,12,13);/q;+1/p-1. The Balaban J connectivity index is 0.000000750. The maximum absolute atomic E-state index is 11.5. The Morgan fingerprint density at radius 1 is 1.00 bits per heavy atom. The summed E-state index contributed by atoms with van der Waals surface area (Å²) in [5.74, 6) is 2.54. The summed E-state index contributed by atoms with van der Waals surface area (Å²) in [6, 6.07) is 0. The molecule has 0 amide bonds. The van der Waals surface area contributed by atoms with E-state index in [9.17, 15) is 5.11 Å². The largest absolute Gasteiger partial charge is 1.00 e. The number of hydrogen-bond acceptors (Lipinski definition) is 2. The van der Waals surface area contributed by atoms with Crippen molar-refractivity contribution >= 4 is 17.3 Å². The number of hydrogen-bond donors (Lipinski definition) is 0. The van der Waals surface area contributed by atoms with Crippen LogP contribution in [0.3, 0.4) is 0 Å². The molecule has 4 saturated carbocycles. The number of rotatable bonds is 1. The average Bonchev–Trinajstić information content (AvgIpc) is 2.00. The van der Waals surface area contributed by atoms with Crippen molar-refractivity contribution in [1.82, 2.24) is 0 Å². The first-order valence-electron chi connectivity index (χ1n) is 5.39. The van der Waals surface area contributed by atoms with Crippen LogP contribution in [-0.4, -0.2) is 5.05 Å². The van der Waals surface area contributed by atoms with Crippen LogP contribution in [0, 0.1) is 23.2 Å². The maximum Gasteiger partial charge on any atom is 1.00 e. The number of thiocarbonyl (C=S) groups is 1. The first-order valence-corrected chi connectivity index (χ1v) is 5.80. The van der Waals surface area contributed by atoms with Gasteiger partial charge in [0, 0.05) is 0 Å². The summed E-state index contributed by atoms with van der Waals surface area (Å²) in [5.41, 5.74) is -0.0237. The van der Waals surface area contributed by atoms with E-state index >= 15 is 0 Å². The summed E-state index contributed by atoms with van der Waals surface area (Å²) in [6.07, 6.45) is 7.55. The quantitative estimate of drug-likeness (QED) is 0.424. The molecular formula is C11H15KOS. The zero-order chi connectivity index (χ0) is 9.05. The molecule has 0 saturated heterocycles. The molecule has 0 spiro atoms. The van der Waals surface area contributed by atoms with Crippen molar-refractivity contribution < 1.29 is 56.5 Å². The molecule has 0 unspecified atom stereocenters. The maximum atomic E-state index is 11.5. The molecule has 14 heavy (non-hydrogen) atoms. The molecule has 0 atom stereocenters. The fourth-order valence-electron chi connectivity index (χ4n) is 4.36. The van der Waals surface area contributed by atoms with Crippen LogP contribution in [0.15, 0.2) is 0 Å². The predicted octanol–water partition coefficient (Wildman–Crippen LogP) is -1.11. The second-order valence-electron chi connectivity index (χ2n) is 5.49. The van der Waals surface area contributed by atoms with Gasteiger partial charge in [-0.1, -0.05) is 5.05 Å². The summed E-state index contributed by atoms with van der Waals surface area (Å²) < 4.78 is 0. The molecule has 0 aliphatic heterocycles. The molecule has 4 aliphatic carbocycles. The van der Waals surface area contributed by atoms with Gasteiger partial charge < -0.3 is 5.11 Å². The molecule has 72 valence electrons. The predicted molar refractivity (Wildman–Crippen MR) is 53.2 cm³/mol. The third kappa shape index (κ3) is 1.78. The van der Waals surface area contributed by atoms with Gasteiger partial charge >= 0.3 is 51.4 Å². The van der Waals surface area contributed by atoms with Crippen LogP contribution < -0.4 is 56.5 Å². The van der Waals surface area contributed by atoms with E-state index in [2.05, 4.69) is 0 Å². The van der Waals surface area contributed by atoms with Crippen molar-refractivity contribution in [3.63, 3.8) is 0 Å². The fraction of sp³-hybridized carbons (Fsp3) is 0.909. The van der Waals surface area contributed by atoms with Gasteiger partial charge in [0.25, 0.3) is 0 Å². The van der Waals surface area contributed by atoms with Crippen LogP contribution in [0.1, 0.15) is 38.5 Å². The molecule has 4 bridgehead atoms. The van der Waals surface area contributed by atoms with E-state index in [1.54, 1.807) is 0 Å². The minimum atomic E-state index is -0.0237. The molecule has 0 aromatic heterocycles. The molecule has 0 heterocycles. The fourth-order valence-corrected chi connectivity index (χ4v) is 4.61. The van der Waals surface area contributed by atoms with Gasteiger partial charge in [-0.2, -0.15) is 0 Å². The zero-order valence-electron chi connectivity index (χ0n) is 8.79. The van der Waals surface area contributed by atoms with Crippen LogP contribution in [0.2, 0.25) is 0 Å². The Morgan fingerprint density at radius 3 is 1.64 bits per heavy atom. The molecule has 0 radical (unpaired) electrons. The molecule has 4 rings (SSSR count). The van der Waals surface area contributed by atoms with Crippen molar-refractivity contribution in [2.75, 3.05) is 0 Å². The van der Waals surface area contributed by atoms with Gasteiger partial charge in [0.05, 0.1) is 0 Å². The van der Waals surface area contributed by atoms with E-state index in [4.69, 9.17) is 12.2 Å². The van der Waals surface area contributed by atoms with Gasteiger partial charge in [-0.05, 0) is 61.7 Å². The molecule has 1 nitrogen and oxygen atoms in total. The normalized spacial score (nSPS) is 48.7. The van der Waals surface area contributed by atoms with Gasteiger partial charge in [-0.15, -0.1) is 12.2 Å². The van der Waals surface area contributed by atoms with E-state index in [0.717, 1.165) is 37.0 Å². The van der Waals surface area contributed by atoms with Crippen molar-refractivity contribution in [2.45, 2.75) is 38.5 Å². The molecule has 0 aromatic carbocycles. The van der Waals surface area contributed by atoms with Gasteiger partial charge in [-0.3, -0.25) is 0 Å². The summed E-state index contributed by atoms with van der Waals surface area (Å²) >= 11 is 4.93. The molecular weight excluding hydrogens is 219 g/mol. The second kappa shape index (κ2) is 4.08. The summed E-state index contributed by atoms with van der Waals surface area (Å²) in [5, 5.41) is 11.6. The Labute approximate surface area is 133 Å². The van der Waals surface area contributed by atoms with Crippen molar-refractivity contribution in [2.24, 2.45) is 23.2 Å². The summed E-state index contributed by atoms with van der Waals surface area (Å²) in [4.78, 5) is 0. The van der Waals surface area contributed by atoms with Crippen LogP contribution >= 0.6 is 12.2 Å². The van der Waals surface area contributed by atoms with Crippen LogP contribution in [0.5, 0.6) is 0 Å². The van der Waals surface area contributed by atoms with E-state index in [1.165, 1.54) is 19.3 Å². The van der Waals surface area contributed by atoms with Crippen LogP contribution in [0.25, 0.3) is 0 Å². The molecule has 4 fully saturated rings. The SMILES string of the molecule is [K+].[O-]C(=S)C12CC3CC(CC(C3)C1)C2. The Morgan fingerprint density at radius 2 is 1.36 bits per heavy atom. The van der Waals surface area contributed by atoms with Crippen molar-refractivity contribution in [3.8, 4) is 0 Å². The third-order valence-corrected chi connectivity index (χ3v) is 4.90.